The van der Waals surface area contributed by atoms with Gasteiger partial charge in [-0.25, -0.2) is 14.2 Å². The molecule has 0 amide bonds. The van der Waals surface area contributed by atoms with Crippen LogP contribution in [-0.4, -0.2) is 23.2 Å². The number of aromatic nitrogens is 1. The van der Waals surface area contributed by atoms with Crippen molar-refractivity contribution in [1.29, 1.82) is 0 Å². The molecule has 0 atom stereocenters. The Morgan fingerprint density at radius 2 is 2.00 bits per heavy atom. The lowest BCUT2D eigenvalue weighted by Gasteiger charge is -2.12. The Morgan fingerprint density at radius 3 is 2.67 bits per heavy atom. The molecule has 0 spiro atoms. The number of benzene rings is 2. The van der Waals surface area contributed by atoms with Crippen LogP contribution in [0.2, 0.25) is 5.02 Å². The Morgan fingerprint density at radius 1 is 1.25 bits per heavy atom. The van der Waals surface area contributed by atoms with Gasteiger partial charge in [-0.05, 0) is 42.8 Å². The Balaban J connectivity index is 2.41. The maximum atomic E-state index is 13.7. The standard InChI is InChI=1S/C18H13ClFNO3/c1-9-3-5-13(19)16-12(18(22)23)8-14(21-17(9)16)11-7-10(20)4-6-15(11)24-2/h3-8H,1-2H3,(H,22,23). The molecule has 0 saturated heterocycles. The highest BCUT2D eigenvalue weighted by Gasteiger charge is 2.18. The van der Waals surface area contributed by atoms with Gasteiger partial charge < -0.3 is 9.84 Å². The van der Waals surface area contributed by atoms with Crippen molar-refractivity contribution in [2.45, 2.75) is 6.92 Å². The van der Waals surface area contributed by atoms with Crippen LogP contribution >= 0.6 is 11.6 Å². The molecule has 1 heterocycles. The molecule has 0 fully saturated rings. The fourth-order valence-electron chi connectivity index (χ4n) is 2.62. The number of carboxylic acids is 1. The van der Waals surface area contributed by atoms with E-state index in [1.807, 2.05) is 6.92 Å². The Hall–Kier alpha value is -2.66. The van der Waals surface area contributed by atoms with E-state index >= 15 is 0 Å². The number of rotatable bonds is 3. The molecule has 0 aliphatic rings. The first-order valence-corrected chi connectivity index (χ1v) is 7.47. The minimum Gasteiger partial charge on any atom is -0.496 e. The molecule has 122 valence electrons. The Labute approximate surface area is 142 Å². The highest BCUT2D eigenvalue weighted by molar-refractivity contribution is 6.36. The third kappa shape index (κ3) is 2.67. The van der Waals surface area contributed by atoms with E-state index in [2.05, 4.69) is 4.98 Å². The van der Waals surface area contributed by atoms with E-state index in [1.54, 1.807) is 12.1 Å². The molecule has 0 aliphatic heterocycles. The summed E-state index contributed by atoms with van der Waals surface area (Å²) in [4.78, 5) is 16.2. The van der Waals surface area contributed by atoms with Crippen molar-refractivity contribution < 1.29 is 19.0 Å². The second kappa shape index (κ2) is 6.09. The second-order valence-corrected chi connectivity index (χ2v) is 5.70. The van der Waals surface area contributed by atoms with Crippen LogP contribution in [0.1, 0.15) is 15.9 Å². The summed E-state index contributed by atoms with van der Waals surface area (Å²) in [5.74, 6) is -1.20. The van der Waals surface area contributed by atoms with Gasteiger partial charge in [0.05, 0.1) is 28.9 Å². The van der Waals surface area contributed by atoms with E-state index in [-0.39, 0.29) is 5.56 Å². The highest BCUT2D eigenvalue weighted by Crippen LogP contribution is 2.35. The van der Waals surface area contributed by atoms with Gasteiger partial charge in [0.15, 0.2) is 0 Å². The van der Waals surface area contributed by atoms with Crippen molar-refractivity contribution >= 4 is 28.5 Å². The maximum Gasteiger partial charge on any atom is 0.336 e. The molecule has 0 radical (unpaired) electrons. The zero-order valence-electron chi connectivity index (χ0n) is 12.9. The van der Waals surface area contributed by atoms with Crippen molar-refractivity contribution in [3.63, 3.8) is 0 Å². The minimum atomic E-state index is -1.13. The van der Waals surface area contributed by atoms with Crippen molar-refractivity contribution in [3.8, 4) is 17.0 Å². The summed E-state index contributed by atoms with van der Waals surface area (Å²) in [6.07, 6.45) is 0. The van der Waals surface area contributed by atoms with E-state index in [0.717, 1.165) is 5.56 Å². The number of nitrogens with zero attached hydrogens (tertiary/aromatic N) is 1. The van der Waals surface area contributed by atoms with E-state index < -0.39 is 11.8 Å². The number of pyridine rings is 1. The fraction of sp³-hybridized carbons (Fsp3) is 0.111. The molecule has 0 unspecified atom stereocenters. The lowest BCUT2D eigenvalue weighted by atomic mass is 10.0. The zero-order chi connectivity index (χ0) is 17.4. The highest BCUT2D eigenvalue weighted by atomic mass is 35.5. The van der Waals surface area contributed by atoms with E-state index in [4.69, 9.17) is 16.3 Å². The van der Waals surface area contributed by atoms with Gasteiger partial charge in [0.2, 0.25) is 0 Å². The van der Waals surface area contributed by atoms with E-state index in [9.17, 15) is 14.3 Å². The van der Waals surface area contributed by atoms with Crippen LogP contribution < -0.4 is 4.74 Å². The first-order chi connectivity index (χ1) is 11.4. The molecule has 6 heteroatoms. The van der Waals surface area contributed by atoms with Gasteiger partial charge >= 0.3 is 5.97 Å². The number of halogens is 2. The van der Waals surface area contributed by atoms with E-state index in [1.165, 1.54) is 31.4 Å². The lowest BCUT2D eigenvalue weighted by Crippen LogP contribution is -2.02. The molecule has 3 rings (SSSR count). The van der Waals surface area contributed by atoms with Gasteiger partial charge in [0, 0.05) is 10.9 Å². The van der Waals surface area contributed by atoms with Crippen LogP contribution in [0.4, 0.5) is 4.39 Å². The SMILES string of the molecule is COc1ccc(F)cc1-c1cc(C(=O)O)c2c(Cl)ccc(C)c2n1. The minimum absolute atomic E-state index is 0.00927. The molecule has 2 aromatic carbocycles. The number of hydrogen-bond acceptors (Lipinski definition) is 3. The zero-order valence-corrected chi connectivity index (χ0v) is 13.7. The van der Waals surface area contributed by atoms with Crippen LogP contribution in [0.3, 0.4) is 0 Å². The topological polar surface area (TPSA) is 59.4 Å². The molecule has 3 aromatic rings. The Kier molecular flexibility index (Phi) is 4.11. The summed E-state index contributed by atoms with van der Waals surface area (Å²) in [6, 6.07) is 8.78. The maximum absolute atomic E-state index is 13.7. The largest absolute Gasteiger partial charge is 0.496 e. The second-order valence-electron chi connectivity index (χ2n) is 5.29. The van der Waals surface area contributed by atoms with Gasteiger partial charge in [-0.3, -0.25) is 0 Å². The average Bonchev–Trinajstić information content (AvgIpc) is 2.57. The van der Waals surface area contributed by atoms with Crippen molar-refractivity contribution in [3.05, 3.63) is 58.4 Å². The number of aryl methyl sites for hydroxylation is 1. The summed E-state index contributed by atoms with van der Waals surface area (Å²) in [5, 5.41) is 10.2. The molecular weight excluding hydrogens is 333 g/mol. The van der Waals surface area contributed by atoms with Gasteiger partial charge in [-0.15, -0.1) is 0 Å². The number of ether oxygens (including phenoxy) is 1. The monoisotopic (exact) mass is 345 g/mol. The smallest absolute Gasteiger partial charge is 0.336 e. The summed E-state index contributed by atoms with van der Waals surface area (Å²) in [5.41, 5.74) is 1.93. The summed E-state index contributed by atoms with van der Waals surface area (Å²) in [6.45, 7) is 1.81. The molecule has 24 heavy (non-hydrogen) atoms. The molecule has 4 nitrogen and oxygen atoms in total. The van der Waals surface area contributed by atoms with Crippen LogP contribution in [0.25, 0.3) is 22.2 Å². The average molecular weight is 346 g/mol. The molecule has 0 aliphatic carbocycles. The van der Waals surface area contributed by atoms with E-state index in [0.29, 0.717) is 32.9 Å². The van der Waals surface area contributed by atoms with Crippen LogP contribution in [-0.2, 0) is 0 Å². The van der Waals surface area contributed by atoms with Gasteiger partial charge in [-0.2, -0.15) is 0 Å². The number of fused-ring (bicyclic) bond motifs is 1. The number of carboxylic acid groups (broad SMARTS) is 1. The molecule has 0 saturated carbocycles. The third-order valence-electron chi connectivity index (χ3n) is 3.78. The predicted molar refractivity (Wildman–Crippen MR) is 90.4 cm³/mol. The summed E-state index contributed by atoms with van der Waals surface area (Å²) < 4.78 is 18.9. The quantitative estimate of drug-likeness (QED) is 0.746. The van der Waals surface area contributed by atoms with Gasteiger partial charge in [-0.1, -0.05) is 17.7 Å². The third-order valence-corrected chi connectivity index (χ3v) is 4.09. The molecular formula is C18H13ClFNO3. The van der Waals surface area contributed by atoms with Crippen LogP contribution in [0.5, 0.6) is 5.75 Å². The molecule has 0 bridgehead atoms. The number of aromatic carboxylic acids is 1. The Bertz CT molecular complexity index is 972. The normalized spacial score (nSPS) is 10.8. The lowest BCUT2D eigenvalue weighted by molar-refractivity contribution is 0.0699. The summed E-state index contributed by atoms with van der Waals surface area (Å²) >= 11 is 6.17. The first kappa shape index (κ1) is 16.2. The predicted octanol–water partition coefficient (Wildman–Crippen LogP) is 4.71. The molecule has 1 N–H and O–H groups in total. The summed E-state index contributed by atoms with van der Waals surface area (Å²) in [7, 11) is 1.46. The van der Waals surface area contributed by atoms with Gasteiger partial charge in [0.1, 0.15) is 11.6 Å². The van der Waals surface area contributed by atoms with Crippen molar-refractivity contribution in [2.24, 2.45) is 0 Å². The number of methoxy groups -OCH3 is 1. The number of carbonyl (C=O) groups is 1. The molecule has 1 aromatic heterocycles. The fourth-order valence-corrected chi connectivity index (χ4v) is 2.87. The van der Waals surface area contributed by atoms with Gasteiger partial charge in [0.25, 0.3) is 0 Å². The first-order valence-electron chi connectivity index (χ1n) is 7.09. The van der Waals surface area contributed by atoms with Crippen molar-refractivity contribution in [2.75, 3.05) is 7.11 Å². The van der Waals surface area contributed by atoms with Crippen LogP contribution in [0.15, 0.2) is 36.4 Å². The number of hydrogen-bond donors (Lipinski definition) is 1. The van der Waals surface area contributed by atoms with Crippen LogP contribution in [0, 0.1) is 12.7 Å². The van der Waals surface area contributed by atoms with Crippen molar-refractivity contribution in [1.82, 2.24) is 4.98 Å².